The molecule has 30 heavy (non-hydrogen) atoms. The summed E-state index contributed by atoms with van der Waals surface area (Å²) in [5, 5.41) is 11.7. The van der Waals surface area contributed by atoms with Crippen LogP contribution in [0.3, 0.4) is 0 Å². The van der Waals surface area contributed by atoms with Gasteiger partial charge in [-0.2, -0.15) is 0 Å². The lowest BCUT2D eigenvalue weighted by atomic mass is 9.51. The third kappa shape index (κ3) is 2.78. The van der Waals surface area contributed by atoms with Crippen LogP contribution in [0.15, 0.2) is 47.1 Å². The number of carbonyl (C=O) groups is 1. The van der Waals surface area contributed by atoms with Crippen molar-refractivity contribution in [3.63, 3.8) is 0 Å². The molecule has 1 N–H and O–H groups in total. The summed E-state index contributed by atoms with van der Waals surface area (Å²) < 4.78 is 0. The number of carbonyl (C=O) groups excluding carboxylic acids is 1. The quantitative estimate of drug-likeness (QED) is 0.619. The van der Waals surface area contributed by atoms with Crippen LogP contribution in [0.5, 0.6) is 0 Å². The van der Waals surface area contributed by atoms with E-state index in [1.54, 1.807) is 5.57 Å². The second kappa shape index (κ2) is 6.96. The Kier molecular flexibility index (Phi) is 4.60. The molecule has 2 nitrogen and oxygen atoms in total. The Hall–Kier alpha value is -2.11. The molecule has 0 radical (unpaired) electrons. The highest BCUT2D eigenvalue weighted by Crippen LogP contribution is 2.66. The molecule has 1 aromatic carbocycles. The number of fused-ring (bicyclic) bond motifs is 4. The Balaban J connectivity index is 1.69. The Morgan fingerprint density at radius 1 is 1.10 bits per heavy atom. The van der Waals surface area contributed by atoms with Crippen molar-refractivity contribution in [3.8, 4) is 11.8 Å². The van der Waals surface area contributed by atoms with Crippen LogP contribution < -0.4 is 0 Å². The molecule has 2 fully saturated rings. The van der Waals surface area contributed by atoms with Crippen molar-refractivity contribution in [1.29, 1.82) is 0 Å². The number of aryl methyl sites for hydroxylation is 1. The van der Waals surface area contributed by atoms with Crippen molar-refractivity contribution in [1.82, 2.24) is 0 Å². The van der Waals surface area contributed by atoms with Gasteiger partial charge in [-0.15, -0.1) is 5.92 Å². The van der Waals surface area contributed by atoms with E-state index in [0.717, 1.165) is 38.5 Å². The van der Waals surface area contributed by atoms with Crippen molar-refractivity contribution in [2.24, 2.45) is 17.3 Å². The van der Waals surface area contributed by atoms with Gasteiger partial charge < -0.3 is 5.11 Å². The van der Waals surface area contributed by atoms with Crippen LogP contribution in [-0.2, 0) is 4.79 Å². The van der Waals surface area contributed by atoms with E-state index in [-0.39, 0.29) is 11.2 Å². The van der Waals surface area contributed by atoms with Crippen LogP contribution in [-0.4, -0.2) is 16.5 Å². The van der Waals surface area contributed by atoms with Crippen LogP contribution in [0, 0.1) is 36.0 Å². The summed E-state index contributed by atoms with van der Waals surface area (Å²) in [5.74, 6) is 7.80. The molecule has 0 heterocycles. The Bertz CT molecular complexity index is 1010. The van der Waals surface area contributed by atoms with E-state index in [0.29, 0.717) is 24.2 Å². The Morgan fingerprint density at radius 2 is 1.87 bits per heavy atom. The number of rotatable bonds is 1. The fraction of sp³-hybridized carbons (Fsp3) is 0.536. The van der Waals surface area contributed by atoms with Crippen molar-refractivity contribution in [2.75, 3.05) is 0 Å². The lowest BCUT2D eigenvalue weighted by Crippen LogP contribution is -2.51. The predicted molar refractivity (Wildman–Crippen MR) is 120 cm³/mol. The predicted octanol–water partition coefficient (Wildman–Crippen LogP) is 5.65. The van der Waals surface area contributed by atoms with Gasteiger partial charge in [0, 0.05) is 17.8 Å². The van der Waals surface area contributed by atoms with Gasteiger partial charge in [-0.3, -0.25) is 4.79 Å². The summed E-state index contributed by atoms with van der Waals surface area (Å²) in [6, 6.07) is 8.97. The highest BCUT2D eigenvalue weighted by Gasteiger charge is 2.62. The molecule has 0 amide bonds. The first-order chi connectivity index (χ1) is 14.4. The summed E-state index contributed by atoms with van der Waals surface area (Å²) >= 11 is 0. The first-order valence-corrected chi connectivity index (χ1v) is 11.6. The first-order valence-electron chi connectivity index (χ1n) is 11.6. The topological polar surface area (TPSA) is 37.3 Å². The lowest BCUT2D eigenvalue weighted by molar-refractivity contribution is -0.114. The molecule has 4 aliphatic carbocycles. The molecule has 5 rings (SSSR count). The SMILES string of the molecule is CC#C[C@]1(O)CC[C@H]2[C@@H]3CCC4=CC(=O)CCC4=C3[C@@H](c3ccc(C)cc3)C[C@@]21C. The van der Waals surface area contributed by atoms with Crippen molar-refractivity contribution >= 4 is 5.78 Å². The van der Waals surface area contributed by atoms with Crippen LogP contribution >= 0.6 is 0 Å². The average molecular weight is 401 g/mol. The van der Waals surface area contributed by atoms with E-state index in [9.17, 15) is 9.90 Å². The van der Waals surface area contributed by atoms with E-state index in [2.05, 4.69) is 50.0 Å². The summed E-state index contributed by atoms with van der Waals surface area (Å²) in [4.78, 5) is 12.1. The second-order valence-corrected chi connectivity index (χ2v) is 10.2. The maximum absolute atomic E-state index is 12.1. The second-order valence-electron chi connectivity index (χ2n) is 10.2. The molecule has 2 heteroatoms. The van der Waals surface area contributed by atoms with Crippen LogP contribution in [0.1, 0.15) is 75.8 Å². The highest BCUT2D eigenvalue weighted by atomic mass is 16.3. The van der Waals surface area contributed by atoms with Gasteiger partial charge in [0.15, 0.2) is 5.78 Å². The maximum atomic E-state index is 12.1. The van der Waals surface area contributed by atoms with Gasteiger partial charge in [-0.25, -0.2) is 0 Å². The summed E-state index contributed by atoms with van der Waals surface area (Å²) in [6.07, 6.45) is 8.30. The molecule has 2 saturated carbocycles. The molecule has 0 aromatic heterocycles. The van der Waals surface area contributed by atoms with E-state index in [1.807, 2.05) is 13.0 Å². The number of benzene rings is 1. The molecule has 4 aliphatic rings. The molecule has 156 valence electrons. The summed E-state index contributed by atoms with van der Waals surface area (Å²) in [7, 11) is 0. The maximum Gasteiger partial charge on any atom is 0.156 e. The lowest BCUT2D eigenvalue weighted by Gasteiger charge is -2.53. The van der Waals surface area contributed by atoms with Crippen molar-refractivity contribution in [3.05, 3.63) is 58.2 Å². The summed E-state index contributed by atoms with van der Waals surface area (Å²) in [6.45, 7) is 6.28. The smallest absolute Gasteiger partial charge is 0.156 e. The zero-order chi connectivity index (χ0) is 21.1. The molecule has 5 atom stereocenters. The average Bonchev–Trinajstić information content (AvgIpc) is 2.98. The third-order valence-electron chi connectivity index (χ3n) is 8.70. The van der Waals surface area contributed by atoms with Gasteiger partial charge in [-0.1, -0.05) is 48.2 Å². The van der Waals surface area contributed by atoms with Crippen LogP contribution in [0.4, 0.5) is 0 Å². The largest absolute Gasteiger partial charge is 0.377 e. The molecule has 0 bridgehead atoms. The van der Waals surface area contributed by atoms with Crippen LogP contribution in [0.2, 0.25) is 0 Å². The third-order valence-corrected chi connectivity index (χ3v) is 8.70. The number of hydrogen-bond acceptors (Lipinski definition) is 2. The summed E-state index contributed by atoms with van der Waals surface area (Å²) in [5.41, 5.74) is 5.87. The Labute approximate surface area is 180 Å². The molecule has 0 spiro atoms. The number of aliphatic hydroxyl groups is 1. The first kappa shape index (κ1) is 19.8. The standard InChI is InChI=1S/C28H32O2/c1-4-14-28(30)15-13-25-23-11-9-20-16-21(29)10-12-22(20)26(23)24(17-27(25,28)3)19-7-5-18(2)6-8-19/h5-8,16,23-25,30H,9-13,15,17H2,1-3H3/t23-,24+,25-,27-,28-/m0/s1. The van der Waals surface area contributed by atoms with Crippen molar-refractivity contribution in [2.45, 2.75) is 77.2 Å². The number of allylic oxidation sites excluding steroid dienone is 4. The minimum absolute atomic E-state index is 0.202. The monoisotopic (exact) mass is 400 g/mol. The Morgan fingerprint density at radius 3 is 2.60 bits per heavy atom. The molecule has 0 unspecified atom stereocenters. The molecule has 0 saturated heterocycles. The zero-order valence-electron chi connectivity index (χ0n) is 18.4. The van der Waals surface area contributed by atoms with Gasteiger partial charge in [0.05, 0.1) is 0 Å². The minimum atomic E-state index is -0.899. The fourth-order valence-corrected chi connectivity index (χ4v) is 7.18. The van der Waals surface area contributed by atoms with E-state index < -0.39 is 5.60 Å². The molecule has 1 aromatic rings. The highest BCUT2D eigenvalue weighted by molar-refractivity contribution is 5.93. The van der Waals surface area contributed by atoms with Gasteiger partial charge in [-0.05, 0) is 87.0 Å². The molecule has 0 aliphatic heterocycles. The van der Waals surface area contributed by atoms with Gasteiger partial charge in [0.25, 0.3) is 0 Å². The van der Waals surface area contributed by atoms with Gasteiger partial charge in [0.1, 0.15) is 5.60 Å². The van der Waals surface area contributed by atoms with Gasteiger partial charge in [0.2, 0.25) is 0 Å². The normalized spacial score (nSPS) is 37.5. The zero-order valence-corrected chi connectivity index (χ0v) is 18.4. The van der Waals surface area contributed by atoms with Crippen molar-refractivity contribution < 1.29 is 9.90 Å². The molecular formula is C28H32O2. The fourth-order valence-electron chi connectivity index (χ4n) is 7.18. The van der Waals surface area contributed by atoms with E-state index in [4.69, 9.17) is 0 Å². The van der Waals surface area contributed by atoms with E-state index >= 15 is 0 Å². The van der Waals surface area contributed by atoms with Gasteiger partial charge >= 0.3 is 0 Å². The molecular weight excluding hydrogens is 368 g/mol. The van der Waals surface area contributed by atoms with E-state index in [1.165, 1.54) is 22.3 Å². The van der Waals surface area contributed by atoms with Crippen LogP contribution in [0.25, 0.3) is 0 Å². The number of hydrogen-bond donors (Lipinski definition) is 1. The number of ketones is 1. The minimum Gasteiger partial charge on any atom is -0.377 e.